The monoisotopic (exact) mass is 318 g/mol. The molecule has 2 aromatic carbocycles. The lowest BCUT2D eigenvalue weighted by Gasteiger charge is -2.13. The quantitative estimate of drug-likeness (QED) is 0.915. The first-order valence-corrected chi connectivity index (χ1v) is 6.84. The number of carboxylic acids is 1. The number of amides is 1. The van der Waals surface area contributed by atoms with Gasteiger partial charge in [0, 0.05) is 10.6 Å². The smallest absolute Gasteiger partial charge is 0.262 e. The largest absolute Gasteiger partial charge is 0.545 e. The Morgan fingerprint density at radius 3 is 2.68 bits per heavy atom. The van der Waals surface area contributed by atoms with Crippen molar-refractivity contribution in [2.75, 3.05) is 11.9 Å². The molecule has 2 aromatic rings. The van der Waals surface area contributed by atoms with Crippen LogP contribution in [0.15, 0.2) is 42.5 Å². The minimum atomic E-state index is -1.40. The summed E-state index contributed by atoms with van der Waals surface area (Å²) in [7, 11) is 0. The maximum atomic E-state index is 11.9. The molecule has 0 fully saturated rings. The van der Waals surface area contributed by atoms with E-state index in [1.54, 1.807) is 12.1 Å². The van der Waals surface area contributed by atoms with Crippen LogP contribution in [0.4, 0.5) is 5.69 Å². The molecule has 0 spiro atoms. The van der Waals surface area contributed by atoms with Crippen LogP contribution in [0.25, 0.3) is 0 Å². The summed E-state index contributed by atoms with van der Waals surface area (Å²) in [5.74, 6) is -1.33. The van der Waals surface area contributed by atoms with Crippen LogP contribution in [0, 0.1) is 6.92 Å². The standard InChI is InChI=1S/C16H14ClNO4/c1-10-3-2-4-12(7-10)22-9-15(19)18-14-8-11(17)5-6-13(14)16(20)21/h2-8H,9H2,1H3,(H,18,19)(H,20,21)/p-1. The van der Waals surface area contributed by atoms with Crippen LogP contribution in [0.3, 0.4) is 0 Å². The molecule has 114 valence electrons. The molecule has 1 amide bonds. The van der Waals surface area contributed by atoms with Gasteiger partial charge in [0.1, 0.15) is 5.75 Å². The van der Waals surface area contributed by atoms with Gasteiger partial charge in [0.25, 0.3) is 5.91 Å². The molecule has 0 aliphatic rings. The van der Waals surface area contributed by atoms with Gasteiger partial charge < -0.3 is 20.0 Å². The SMILES string of the molecule is Cc1cccc(OCC(=O)Nc2cc(Cl)ccc2C(=O)[O-])c1. The Kier molecular flexibility index (Phi) is 5.01. The van der Waals surface area contributed by atoms with Crippen molar-refractivity contribution in [1.29, 1.82) is 0 Å². The van der Waals surface area contributed by atoms with Crippen LogP contribution in [0.2, 0.25) is 5.02 Å². The Balaban J connectivity index is 2.03. The van der Waals surface area contributed by atoms with Crippen molar-refractivity contribution in [3.8, 4) is 5.75 Å². The number of benzene rings is 2. The summed E-state index contributed by atoms with van der Waals surface area (Å²) in [6.07, 6.45) is 0. The molecule has 0 saturated heterocycles. The van der Waals surface area contributed by atoms with E-state index in [0.717, 1.165) is 5.56 Å². The van der Waals surface area contributed by atoms with Crippen LogP contribution in [0.5, 0.6) is 5.75 Å². The number of carbonyl (C=O) groups is 2. The van der Waals surface area contributed by atoms with E-state index in [1.807, 2.05) is 19.1 Å². The van der Waals surface area contributed by atoms with E-state index in [9.17, 15) is 14.7 Å². The molecule has 2 rings (SSSR count). The van der Waals surface area contributed by atoms with Gasteiger partial charge in [-0.15, -0.1) is 0 Å². The zero-order chi connectivity index (χ0) is 16.1. The van der Waals surface area contributed by atoms with E-state index < -0.39 is 11.9 Å². The van der Waals surface area contributed by atoms with Gasteiger partial charge >= 0.3 is 0 Å². The van der Waals surface area contributed by atoms with Crippen molar-refractivity contribution >= 4 is 29.2 Å². The maximum absolute atomic E-state index is 11.9. The second-order valence-corrected chi connectivity index (χ2v) is 5.07. The third kappa shape index (κ3) is 4.23. The minimum Gasteiger partial charge on any atom is -0.545 e. The summed E-state index contributed by atoms with van der Waals surface area (Å²) in [6.45, 7) is 1.66. The molecule has 6 heteroatoms. The van der Waals surface area contributed by atoms with Crippen molar-refractivity contribution in [3.63, 3.8) is 0 Å². The van der Waals surface area contributed by atoms with Crippen molar-refractivity contribution in [3.05, 3.63) is 58.6 Å². The van der Waals surface area contributed by atoms with Gasteiger partial charge in [0.2, 0.25) is 0 Å². The lowest BCUT2D eigenvalue weighted by Crippen LogP contribution is -2.26. The van der Waals surface area contributed by atoms with Gasteiger partial charge in [-0.05, 0) is 42.8 Å². The molecule has 0 heterocycles. The maximum Gasteiger partial charge on any atom is 0.262 e. The van der Waals surface area contributed by atoms with E-state index in [0.29, 0.717) is 10.8 Å². The Morgan fingerprint density at radius 1 is 1.23 bits per heavy atom. The number of halogens is 1. The number of hydrogen-bond donors (Lipinski definition) is 1. The first kappa shape index (κ1) is 15.9. The molecule has 0 atom stereocenters. The van der Waals surface area contributed by atoms with Crippen molar-refractivity contribution in [2.45, 2.75) is 6.92 Å². The molecule has 1 N–H and O–H groups in total. The van der Waals surface area contributed by atoms with Gasteiger partial charge in [-0.2, -0.15) is 0 Å². The van der Waals surface area contributed by atoms with Crippen LogP contribution in [0.1, 0.15) is 15.9 Å². The summed E-state index contributed by atoms with van der Waals surface area (Å²) in [4.78, 5) is 22.9. The van der Waals surface area contributed by atoms with Crippen LogP contribution in [-0.4, -0.2) is 18.5 Å². The molecule has 0 aromatic heterocycles. The molecule has 0 radical (unpaired) electrons. The third-order valence-corrected chi connectivity index (χ3v) is 3.07. The number of anilines is 1. The predicted molar refractivity (Wildman–Crippen MR) is 81.1 cm³/mol. The number of nitrogens with one attached hydrogen (secondary N) is 1. The second-order valence-electron chi connectivity index (χ2n) is 4.63. The summed E-state index contributed by atoms with van der Waals surface area (Å²) in [5, 5.41) is 13.7. The van der Waals surface area contributed by atoms with Crippen molar-refractivity contribution < 1.29 is 19.4 Å². The zero-order valence-electron chi connectivity index (χ0n) is 11.8. The molecule has 22 heavy (non-hydrogen) atoms. The number of hydrogen-bond acceptors (Lipinski definition) is 4. The van der Waals surface area contributed by atoms with Crippen LogP contribution >= 0.6 is 11.6 Å². The topological polar surface area (TPSA) is 78.5 Å². The minimum absolute atomic E-state index is 0.0744. The molecule has 0 unspecified atom stereocenters. The summed E-state index contributed by atoms with van der Waals surface area (Å²) in [6, 6.07) is 11.3. The van der Waals surface area contributed by atoms with E-state index in [1.165, 1.54) is 18.2 Å². The first-order chi connectivity index (χ1) is 10.5. The van der Waals surface area contributed by atoms with Gasteiger partial charge in [-0.3, -0.25) is 4.79 Å². The Morgan fingerprint density at radius 2 is 2.00 bits per heavy atom. The van der Waals surface area contributed by atoms with E-state index >= 15 is 0 Å². The molecule has 0 bridgehead atoms. The van der Waals surface area contributed by atoms with Gasteiger partial charge in [0.15, 0.2) is 6.61 Å². The van der Waals surface area contributed by atoms with Crippen LogP contribution < -0.4 is 15.2 Å². The lowest BCUT2D eigenvalue weighted by molar-refractivity contribution is -0.254. The van der Waals surface area contributed by atoms with Crippen molar-refractivity contribution in [1.82, 2.24) is 0 Å². The molecule has 0 aliphatic heterocycles. The number of ether oxygens (including phenoxy) is 1. The highest BCUT2D eigenvalue weighted by Crippen LogP contribution is 2.20. The van der Waals surface area contributed by atoms with E-state index in [2.05, 4.69) is 5.32 Å². The average molecular weight is 319 g/mol. The predicted octanol–water partition coefficient (Wildman–Crippen LogP) is 2.03. The molecular weight excluding hydrogens is 306 g/mol. The highest BCUT2D eigenvalue weighted by molar-refractivity contribution is 6.31. The highest BCUT2D eigenvalue weighted by Gasteiger charge is 2.09. The van der Waals surface area contributed by atoms with E-state index in [-0.39, 0.29) is 17.9 Å². The second kappa shape index (κ2) is 6.95. The zero-order valence-corrected chi connectivity index (χ0v) is 12.5. The first-order valence-electron chi connectivity index (χ1n) is 6.46. The van der Waals surface area contributed by atoms with E-state index in [4.69, 9.17) is 16.3 Å². The van der Waals surface area contributed by atoms with Gasteiger partial charge in [0.05, 0.1) is 11.7 Å². The molecular formula is C16H13ClNO4-. The Labute approximate surface area is 132 Å². The fraction of sp³-hybridized carbons (Fsp3) is 0.125. The lowest BCUT2D eigenvalue weighted by atomic mass is 10.2. The average Bonchev–Trinajstić information content (AvgIpc) is 2.45. The fourth-order valence-electron chi connectivity index (χ4n) is 1.84. The third-order valence-electron chi connectivity index (χ3n) is 2.84. The van der Waals surface area contributed by atoms with Crippen LogP contribution in [-0.2, 0) is 4.79 Å². The number of carbonyl (C=O) groups excluding carboxylic acids is 2. The Bertz CT molecular complexity index is 715. The molecule has 0 saturated carbocycles. The number of aromatic carboxylic acids is 1. The number of aryl methyl sites for hydroxylation is 1. The normalized spacial score (nSPS) is 10.1. The number of carboxylic acid groups (broad SMARTS) is 1. The van der Waals surface area contributed by atoms with Crippen molar-refractivity contribution in [2.24, 2.45) is 0 Å². The fourth-order valence-corrected chi connectivity index (χ4v) is 2.01. The molecule has 0 aliphatic carbocycles. The van der Waals surface area contributed by atoms with Gasteiger partial charge in [-0.1, -0.05) is 23.7 Å². The Hall–Kier alpha value is -2.53. The summed E-state index contributed by atoms with van der Waals surface area (Å²) >= 11 is 5.80. The summed E-state index contributed by atoms with van der Waals surface area (Å²) in [5.41, 5.74) is 0.936. The summed E-state index contributed by atoms with van der Waals surface area (Å²) < 4.78 is 5.34. The molecule has 5 nitrogen and oxygen atoms in total. The number of rotatable bonds is 5. The highest BCUT2D eigenvalue weighted by atomic mass is 35.5. The van der Waals surface area contributed by atoms with Gasteiger partial charge in [-0.25, -0.2) is 0 Å².